The second kappa shape index (κ2) is 5.85. The summed E-state index contributed by atoms with van der Waals surface area (Å²) in [6.45, 7) is 2.28. The van der Waals surface area contributed by atoms with E-state index in [0.717, 1.165) is 0 Å². The lowest BCUT2D eigenvalue weighted by atomic mass is 10.2. The van der Waals surface area contributed by atoms with Gasteiger partial charge in [-0.05, 0) is 25.1 Å². The van der Waals surface area contributed by atoms with E-state index in [0.29, 0.717) is 17.9 Å². The Morgan fingerprint density at radius 1 is 1.47 bits per heavy atom. The zero-order valence-corrected chi connectivity index (χ0v) is 10.6. The summed E-state index contributed by atoms with van der Waals surface area (Å²) < 4.78 is 10.1. The second-order valence-corrected chi connectivity index (χ2v) is 3.59. The maximum Gasteiger partial charge on any atom is 0.337 e. The first kappa shape index (κ1) is 12.9. The third kappa shape index (κ3) is 3.21. The van der Waals surface area contributed by atoms with Crippen LogP contribution in [-0.2, 0) is 0 Å². The molecule has 0 saturated heterocycles. The van der Waals surface area contributed by atoms with Gasteiger partial charge < -0.3 is 9.47 Å². The number of nitrogens with zero attached hydrogens (tertiary/aromatic N) is 2. The van der Waals surface area contributed by atoms with Gasteiger partial charge in [0.15, 0.2) is 0 Å². The molecule has 0 unspecified atom stereocenters. The normalized spacial score (nSPS) is 10.0. The summed E-state index contributed by atoms with van der Waals surface area (Å²) in [6, 6.07) is 7.01. The Morgan fingerprint density at radius 3 is 3.05 bits per heavy atom. The molecule has 0 bridgehead atoms. The Morgan fingerprint density at radius 2 is 2.32 bits per heavy atom. The fourth-order valence-electron chi connectivity index (χ4n) is 1.44. The molecule has 0 aliphatic carbocycles. The highest BCUT2D eigenvalue weighted by molar-refractivity contribution is 6.03. The topological polar surface area (TPSA) is 89.1 Å². The number of carbonyl (C=O) groups is 1. The van der Waals surface area contributed by atoms with Gasteiger partial charge in [0.1, 0.15) is 5.75 Å². The van der Waals surface area contributed by atoms with E-state index in [-0.39, 0.29) is 17.9 Å². The fourth-order valence-corrected chi connectivity index (χ4v) is 1.44. The average molecular weight is 262 g/mol. The van der Waals surface area contributed by atoms with Gasteiger partial charge in [-0.25, -0.2) is 5.10 Å². The molecule has 7 nitrogen and oxygen atoms in total. The van der Waals surface area contributed by atoms with Gasteiger partial charge in [0, 0.05) is 5.56 Å². The van der Waals surface area contributed by atoms with Crippen LogP contribution >= 0.6 is 0 Å². The van der Waals surface area contributed by atoms with Gasteiger partial charge in [-0.15, -0.1) is 5.10 Å². The number of hydrogen-bond acceptors (Lipinski definition) is 5. The highest BCUT2D eigenvalue weighted by Crippen LogP contribution is 2.14. The van der Waals surface area contributed by atoms with Crippen LogP contribution in [0.5, 0.6) is 11.8 Å². The molecule has 0 radical (unpaired) electrons. The van der Waals surface area contributed by atoms with Crippen LogP contribution in [0.1, 0.15) is 17.3 Å². The standard InChI is InChI=1S/C12H14N4O3/c1-3-19-12-14-11(15-16-12)13-10(17)8-5-4-6-9(7-8)18-2/h4-7H,3H2,1-2H3,(H2,13,14,15,16,17). The molecule has 100 valence electrons. The number of anilines is 1. The quantitative estimate of drug-likeness (QED) is 0.851. The van der Waals surface area contributed by atoms with Crippen molar-refractivity contribution in [3.63, 3.8) is 0 Å². The molecule has 19 heavy (non-hydrogen) atoms. The van der Waals surface area contributed by atoms with Crippen molar-refractivity contribution < 1.29 is 14.3 Å². The molecule has 7 heteroatoms. The van der Waals surface area contributed by atoms with Crippen LogP contribution in [0.25, 0.3) is 0 Å². The van der Waals surface area contributed by atoms with Crippen LogP contribution in [0.15, 0.2) is 24.3 Å². The molecule has 2 N–H and O–H groups in total. The molecule has 0 fully saturated rings. The number of nitrogens with one attached hydrogen (secondary N) is 2. The molecule has 1 aromatic carbocycles. The number of amides is 1. The lowest BCUT2D eigenvalue weighted by Crippen LogP contribution is -2.13. The summed E-state index contributed by atoms with van der Waals surface area (Å²) in [4.78, 5) is 15.9. The molecule has 0 spiro atoms. The van der Waals surface area contributed by atoms with Crippen molar-refractivity contribution in [3.8, 4) is 11.8 Å². The second-order valence-electron chi connectivity index (χ2n) is 3.59. The van der Waals surface area contributed by atoms with Crippen LogP contribution in [0, 0.1) is 0 Å². The van der Waals surface area contributed by atoms with E-state index >= 15 is 0 Å². The number of aromatic amines is 1. The zero-order chi connectivity index (χ0) is 13.7. The van der Waals surface area contributed by atoms with Gasteiger partial charge in [-0.1, -0.05) is 6.07 Å². The summed E-state index contributed by atoms with van der Waals surface area (Å²) in [6.07, 6.45) is 0. The zero-order valence-electron chi connectivity index (χ0n) is 10.6. The SMILES string of the molecule is CCOc1n[nH]c(NC(=O)c2cccc(OC)c2)n1. The van der Waals surface area contributed by atoms with Crippen molar-refractivity contribution in [2.24, 2.45) is 0 Å². The summed E-state index contributed by atoms with van der Waals surface area (Å²) in [5.41, 5.74) is 0.466. The summed E-state index contributed by atoms with van der Waals surface area (Å²) >= 11 is 0. The number of hydrogen-bond donors (Lipinski definition) is 2. The Balaban J connectivity index is 2.06. The molecular formula is C12H14N4O3. The van der Waals surface area contributed by atoms with Gasteiger partial charge in [0.2, 0.25) is 5.95 Å². The van der Waals surface area contributed by atoms with E-state index < -0.39 is 0 Å². The van der Waals surface area contributed by atoms with E-state index in [9.17, 15) is 4.79 Å². The molecule has 1 heterocycles. The third-order valence-electron chi connectivity index (χ3n) is 2.30. The minimum atomic E-state index is -0.307. The maximum absolute atomic E-state index is 12.0. The highest BCUT2D eigenvalue weighted by atomic mass is 16.5. The molecule has 2 rings (SSSR count). The van der Waals surface area contributed by atoms with Crippen LogP contribution in [0.3, 0.4) is 0 Å². The Hall–Kier alpha value is -2.57. The monoisotopic (exact) mass is 262 g/mol. The number of benzene rings is 1. The molecule has 1 amide bonds. The summed E-state index contributed by atoms with van der Waals surface area (Å²) in [5, 5.41) is 8.94. The van der Waals surface area contributed by atoms with Crippen molar-refractivity contribution in [2.45, 2.75) is 6.92 Å². The van der Waals surface area contributed by atoms with Crippen LogP contribution < -0.4 is 14.8 Å². The molecular weight excluding hydrogens is 248 g/mol. The molecule has 2 aromatic rings. The van der Waals surface area contributed by atoms with Crippen LogP contribution in [0.2, 0.25) is 0 Å². The molecule has 0 aliphatic heterocycles. The molecule has 1 aromatic heterocycles. The van der Waals surface area contributed by atoms with Crippen LogP contribution in [-0.4, -0.2) is 34.8 Å². The van der Waals surface area contributed by atoms with E-state index in [4.69, 9.17) is 9.47 Å². The predicted octanol–water partition coefficient (Wildman–Crippen LogP) is 1.46. The highest BCUT2D eigenvalue weighted by Gasteiger charge is 2.10. The van der Waals surface area contributed by atoms with E-state index in [2.05, 4.69) is 20.5 Å². The maximum atomic E-state index is 12.0. The van der Waals surface area contributed by atoms with Gasteiger partial charge in [0.25, 0.3) is 5.91 Å². The van der Waals surface area contributed by atoms with Gasteiger partial charge >= 0.3 is 6.01 Å². The lowest BCUT2D eigenvalue weighted by molar-refractivity contribution is 0.102. The van der Waals surface area contributed by atoms with Crippen molar-refractivity contribution in [1.29, 1.82) is 0 Å². The minimum Gasteiger partial charge on any atom is -0.497 e. The minimum absolute atomic E-state index is 0.198. The van der Waals surface area contributed by atoms with E-state index in [1.165, 1.54) is 0 Å². The van der Waals surface area contributed by atoms with Gasteiger partial charge in [-0.2, -0.15) is 4.98 Å². The van der Waals surface area contributed by atoms with Crippen LogP contribution in [0.4, 0.5) is 5.95 Å². The summed E-state index contributed by atoms with van der Waals surface area (Å²) in [5.74, 6) is 0.537. The molecule has 0 atom stereocenters. The lowest BCUT2D eigenvalue weighted by Gasteiger charge is -2.03. The largest absolute Gasteiger partial charge is 0.497 e. The summed E-state index contributed by atoms with van der Waals surface area (Å²) in [7, 11) is 1.54. The first-order valence-electron chi connectivity index (χ1n) is 5.73. The number of methoxy groups -OCH3 is 1. The smallest absolute Gasteiger partial charge is 0.337 e. The van der Waals surface area contributed by atoms with Crippen molar-refractivity contribution in [3.05, 3.63) is 29.8 Å². The number of ether oxygens (including phenoxy) is 2. The van der Waals surface area contributed by atoms with Crippen molar-refractivity contribution in [2.75, 3.05) is 19.0 Å². The predicted molar refractivity (Wildman–Crippen MR) is 68.5 cm³/mol. The first-order chi connectivity index (χ1) is 9.22. The number of aromatic nitrogens is 3. The fraction of sp³-hybridized carbons (Fsp3) is 0.250. The Labute approximate surface area is 110 Å². The average Bonchev–Trinajstić information content (AvgIpc) is 2.86. The van der Waals surface area contributed by atoms with Gasteiger partial charge in [-0.3, -0.25) is 10.1 Å². The molecule has 0 saturated carbocycles. The third-order valence-corrected chi connectivity index (χ3v) is 2.30. The Kier molecular flexibility index (Phi) is 3.97. The number of H-pyrrole nitrogens is 1. The van der Waals surface area contributed by atoms with Crippen molar-refractivity contribution >= 4 is 11.9 Å². The van der Waals surface area contributed by atoms with E-state index in [1.807, 2.05) is 6.92 Å². The van der Waals surface area contributed by atoms with E-state index in [1.54, 1.807) is 31.4 Å². The van der Waals surface area contributed by atoms with Crippen molar-refractivity contribution in [1.82, 2.24) is 15.2 Å². The molecule has 0 aliphatic rings. The Bertz CT molecular complexity index is 568. The van der Waals surface area contributed by atoms with Gasteiger partial charge in [0.05, 0.1) is 13.7 Å². The first-order valence-corrected chi connectivity index (χ1v) is 5.73. The number of carbonyl (C=O) groups excluding carboxylic acids is 1. The number of rotatable bonds is 5.